The molecule has 1 fully saturated rings. The summed E-state index contributed by atoms with van der Waals surface area (Å²) in [6.45, 7) is 2.85. The third kappa shape index (κ3) is 4.65. The van der Waals surface area contributed by atoms with Gasteiger partial charge in [0.25, 0.3) is 5.56 Å². The van der Waals surface area contributed by atoms with E-state index in [2.05, 4.69) is 16.3 Å². The highest BCUT2D eigenvalue weighted by Crippen LogP contribution is 2.26. The van der Waals surface area contributed by atoms with Crippen LogP contribution in [0.1, 0.15) is 12.6 Å². The minimum absolute atomic E-state index is 0.206. The molecular weight excluding hydrogens is 296 g/mol. The molecule has 1 aliphatic rings. The van der Waals surface area contributed by atoms with E-state index in [-0.39, 0.29) is 13.0 Å². The number of nitrogens with zero attached hydrogens (tertiary/aromatic N) is 1. The van der Waals surface area contributed by atoms with Gasteiger partial charge < -0.3 is 19.7 Å². The van der Waals surface area contributed by atoms with Crippen molar-refractivity contribution in [1.82, 2.24) is 9.55 Å². The maximum absolute atomic E-state index is 11.4. The number of aliphatic hydroxyl groups excluding tert-OH is 2. The van der Waals surface area contributed by atoms with Crippen LogP contribution in [0.15, 0.2) is 34.5 Å². The fourth-order valence-corrected chi connectivity index (χ4v) is 1.79. The molecule has 22 heavy (non-hydrogen) atoms. The van der Waals surface area contributed by atoms with E-state index in [9.17, 15) is 19.5 Å². The molecule has 9 nitrogen and oxygen atoms in total. The van der Waals surface area contributed by atoms with Crippen molar-refractivity contribution in [2.45, 2.75) is 24.9 Å². The van der Waals surface area contributed by atoms with Gasteiger partial charge in [-0.05, 0) is 0 Å². The largest absolute Gasteiger partial charge is 0.466 e. The van der Waals surface area contributed by atoms with E-state index in [1.54, 1.807) is 0 Å². The highest BCUT2D eigenvalue weighted by molar-refractivity contribution is 5.80. The van der Waals surface area contributed by atoms with E-state index in [4.69, 9.17) is 9.84 Å². The maximum atomic E-state index is 11.4. The van der Waals surface area contributed by atoms with Gasteiger partial charge >= 0.3 is 11.7 Å². The summed E-state index contributed by atoms with van der Waals surface area (Å²) in [5.74, 6) is -0.394. The Kier molecular flexibility index (Phi) is 6.70. The number of hydrogen-bond acceptors (Lipinski definition) is 7. The van der Waals surface area contributed by atoms with E-state index < -0.39 is 35.7 Å². The first-order chi connectivity index (χ1) is 10.4. The van der Waals surface area contributed by atoms with Crippen LogP contribution in [-0.4, -0.2) is 51.7 Å². The monoisotopic (exact) mass is 314 g/mol. The Morgan fingerprint density at radius 3 is 2.73 bits per heavy atom. The number of esters is 1. The van der Waals surface area contributed by atoms with Gasteiger partial charge in [-0.1, -0.05) is 6.58 Å². The first-order valence-corrected chi connectivity index (χ1v) is 6.39. The number of ether oxygens (including phenoxy) is 2. The van der Waals surface area contributed by atoms with Crippen LogP contribution < -0.4 is 11.2 Å². The van der Waals surface area contributed by atoms with Crippen molar-refractivity contribution in [2.75, 3.05) is 13.7 Å². The van der Waals surface area contributed by atoms with Crippen LogP contribution in [0.3, 0.4) is 0 Å². The molecule has 0 aromatic carbocycles. The molecule has 0 aliphatic carbocycles. The van der Waals surface area contributed by atoms with Crippen molar-refractivity contribution in [3.05, 3.63) is 45.8 Å². The van der Waals surface area contributed by atoms with Gasteiger partial charge in [0, 0.05) is 24.8 Å². The number of carbonyl (C=O) groups is 1. The summed E-state index contributed by atoms with van der Waals surface area (Å²) in [7, 11) is 1.31. The van der Waals surface area contributed by atoms with Gasteiger partial charge in [-0.15, -0.1) is 0 Å². The Bertz CT molecular complexity index is 621. The van der Waals surface area contributed by atoms with E-state index in [0.717, 1.165) is 6.08 Å². The number of rotatable bonds is 3. The third-order valence-corrected chi connectivity index (χ3v) is 2.91. The molecule has 1 saturated heterocycles. The van der Waals surface area contributed by atoms with E-state index in [0.29, 0.717) is 0 Å². The number of aromatic nitrogens is 2. The second-order valence-corrected chi connectivity index (χ2v) is 4.36. The molecular formula is C13H18N2O7. The molecule has 0 bridgehead atoms. The number of H-pyrrole nitrogens is 1. The summed E-state index contributed by atoms with van der Waals surface area (Å²) in [5, 5.41) is 18.4. The molecule has 0 spiro atoms. The summed E-state index contributed by atoms with van der Waals surface area (Å²) in [6.07, 6.45) is 0.462. The molecule has 1 aromatic rings. The van der Waals surface area contributed by atoms with Crippen molar-refractivity contribution < 1.29 is 24.5 Å². The van der Waals surface area contributed by atoms with Gasteiger partial charge in [0.2, 0.25) is 0 Å². The van der Waals surface area contributed by atoms with Crippen LogP contribution in [0, 0.1) is 0 Å². The molecule has 2 heterocycles. The van der Waals surface area contributed by atoms with Gasteiger partial charge in [-0.2, -0.15) is 0 Å². The van der Waals surface area contributed by atoms with Gasteiger partial charge in [0.15, 0.2) is 0 Å². The summed E-state index contributed by atoms with van der Waals surface area (Å²) in [4.78, 5) is 34.2. The Balaban J connectivity index is 0.000000346. The zero-order valence-corrected chi connectivity index (χ0v) is 12.0. The van der Waals surface area contributed by atoms with Crippen molar-refractivity contribution in [1.29, 1.82) is 0 Å². The van der Waals surface area contributed by atoms with Crippen LogP contribution in [0.25, 0.3) is 0 Å². The minimum Gasteiger partial charge on any atom is -0.466 e. The molecule has 3 atom stereocenters. The summed E-state index contributed by atoms with van der Waals surface area (Å²) < 4.78 is 10.6. The zero-order valence-electron chi connectivity index (χ0n) is 12.0. The number of nitrogens with one attached hydrogen (secondary N) is 1. The highest BCUT2D eigenvalue weighted by Gasteiger charge is 2.34. The van der Waals surface area contributed by atoms with Crippen LogP contribution in [0.4, 0.5) is 0 Å². The second-order valence-electron chi connectivity index (χ2n) is 4.36. The number of methoxy groups -OCH3 is 1. The molecule has 2 rings (SSSR count). The summed E-state index contributed by atoms with van der Waals surface area (Å²) in [6, 6.07) is 1.20. The van der Waals surface area contributed by atoms with Gasteiger partial charge in [0.1, 0.15) is 12.3 Å². The number of carbonyl (C=O) groups excluding carboxylic acids is 1. The first-order valence-electron chi connectivity index (χ1n) is 6.39. The average Bonchev–Trinajstić information content (AvgIpc) is 2.87. The van der Waals surface area contributed by atoms with Crippen LogP contribution in [0.2, 0.25) is 0 Å². The molecule has 122 valence electrons. The zero-order chi connectivity index (χ0) is 16.7. The normalized spacial score (nSPS) is 23.3. The maximum Gasteiger partial charge on any atom is 0.330 e. The molecule has 0 unspecified atom stereocenters. The predicted octanol–water partition coefficient (Wildman–Crippen LogP) is -1.48. The second kappa shape index (κ2) is 8.27. The summed E-state index contributed by atoms with van der Waals surface area (Å²) >= 11 is 0. The Morgan fingerprint density at radius 2 is 2.32 bits per heavy atom. The van der Waals surface area contributed by atoms with E-state index >= 15 is 0 Å². The van der Waals surface area contributed by atoms with Gasteiger partial charge in [-0.25, -0.2) is 9.59 Å². The number of hydrogen-bond donors (Lipinski definition) is 3. The highest BCUT2D eigenvalue weighted by atomic mass is 16.5. The predicted molar refractivity (Wildman–Crippen MR) is 75.2 cm³/mol. The molecule has 0 radical (unpaired) electrons. The third-order valence-electron chi connectivity index (χ3n) is 2.91. The van der Waals surface area contributed by atoms with E-state index in [1.165, 1.54) is 23.9 Å². The molecule has 1 aliphatic heterocycles. The van der Waals surface area contributed by atoms with Gasteiger partial charge in [-0.3, -0.25) is 14.3 Å². The lowest BCUT2D eigenvalue weighted by Gasteiger charge is -2.13. The number of aromatic amines is 1. The average molecular weight is 314 g/mol. The van der Waals surface area contributed by atoms with Crippen LogP contribution in [-0.2, 0) is 14.3 Å². The van der Waals surface area contributed by atoms with Crippen LogP contribution in [0.5, 0.6) is 0 Å². The molecule has 0 saturated carbocycles. The lowest BCUT2D eigenvalue weighted by atomic mass is 10.2. The molecule has 0 amide bonds. The standard InChI is InChI=1S/C9H12N2O5.C4H6O2/c12-4-6-5(13)3-8(16-6)11-2-1-7(14)10-9(11)15;1-3-4(5)6-2/h1-2,5-6,8,12-13H,3-4H2,(H,10,14,15);3H,1H2,2H3/t5-,6+,8+;/m0./s1. The van der Waals surface area contributed by atoms with Gasteiger partial charge in [0.05, 0.1) is 19.8 Å². The smallest absolute Gasteiger partial charge is 0.330 e. The molecule has 3 N–H and O–H groups in total. The number of aliphatic hydroxyl groups is 2. The SMILES string of the molecule is C=CC(=O)OC.O=c1ccn([C@H]2C[C@H](O)[C@@H](CO)O2)c(=O)[nH]1. The molecule has 9 heteroatoms. The lowest BCUT2D eigenvalue weighted by molar-refractivity contribution is -0.134. The van der Waals surface area contributed by atoms with E-state index in [1.807, 2.05) is 0 Å². The fraction of sp³-hybridized carbons (Fsp3) is 0.462. The fourth-order valence-electron chi connectivity index (χ4n) is 1.79. The Hall–Kier alpha value is -2.23. The van der Waals surface area contributed by atoms with Crippen molar-refractivity contribution in [3.8, 4) is 0 Å². The Morgan fingerprint density at radius 1 is 1.64 bits per heavy atom. The quantitative estimate of drug-likeness (QED) is 0.458. The molecule has 1 aromatic heterocycles. The lowest BCUT2D eigenvalue weighted by Crippen LogP contribution is -2.31. The summed E-state index contributed by atoms with van der Waals surface area (Å²) in [5.41, 5.74) is -1.08. The van der Waals surface area contributed by atoms with Crippen LogP contribution >= 0.6 is 0 Å². The van der Waals surface area contributed by atoms with Crippen molar-refractivity contribution in [3.63, 3.8) is 0 Å². The first kappa shape index (κ1) is 17.8. The minimum atomic E-state index is -0.811. The topological polar surface area (TPSA) is 131 Å². The van der Waals surface area contributed by atoms with Crippen molar-refractivity contribution in [2.24, 2.45) is 0 Å². The Labute approximate surface area is 125 Å². The van der Waals surface area contributed by atoms with Crippen molar-refractivity contribution >= 4 is 5.97 Å².